The Hall–Kier alpha value is -0.680. The first kappa shape index (κ1) is 16.4. The second kappa shape index (κ2) is 6.66. The largest absolute Gasteiger partial charge is 0.382 e. The average Bonchev–Trinajstić information content (AvgIpc) is 2.26. The number of alkyl halides is 2. The normalized spacial score (nSPS) is 21.8. The third-order valence-electron chi connectivity index (χ3n) is 3.24. The van der Waals surface area contributed by atoms with Gasteiger partial charge < -0.3 is 5.32 Å². The molecule has 1 saturated carbocycles. The van der Waals surface area contributed by atoms with Crippen LogP contribution in [0.3, 0.4) is 0 Å². The Labute approximate surface area is 119 Å². The average molecular weight is 318 g/mol. The van der Waals surface area contributed by atoms with E-state index in [9.17, 15) is 17.6 Å². The molecule has 19 heavy (non-hydrogen) atoms. The Morgan fingerprint density at radius 2 is 1.89 bits per heavy atom. The maximum Gasteiger partial charge on any atom is 0.241 e. The highest BCUT2D eigenvalue weighted by Gasteiger charge is 2.35. The lowest BCUT2D eigenvalue weighted by molar-refractivity contribution is 0.00636. The van der Waals surface area contributed by atoms with Crippen LogP contribution in [0.15, 0.2) is 12.1 Å². The lowest BCUT2D eigenvalue weighted by Crippen LogP contribution is -2.33. The Morgan fingerprint density at radius 3 is 2.47 bits per heavy atom. The topological polar surface area (TPSA) is 12.0 Å². The first-order valence-electron chi connectivity index (χ1n) is 5.64. The zero-order valence-electron chi connectivity index (χ0n) is 9.81. The Bertz CT molecular complexity index is 436. The number of hydrogen-bond donors (Lipinski definition) is 1. The minimum Gasteiger partial charge on any atom is -0.382 e. The molecular weight excluding hydrogens is 305 g/mol. The molecule has 0 spiro atoms. The summed E-state index contributed by atoms with van der Waals surface area (Å²) >= 11 is 5.42. The fourth-order valence-electron chi connectivity index (χ4n) is 2.08. The van der Waals surface area contributed by atoms with Crippen LogP contribution in [0, 0.1) is 23.5 Å². The minimum absolute atomic E-state index is 0. The van der Waals surface area contributed by atoms with Gasteiger partial charge in [-0.15, -0.1) is 12.4 Å². The van der Waals surface area contributed by atoms with Crippen molar-refractivity contribution >= 4 is 29.7 Å². The van der Waals surface area contributed by atoms with E-state index in [1.165, 1.54) is 6.07 Å². The van der Waals surface area contributed by atoms with E-state index in [0.29, 0.717) is 19.4 Å². The van der Waals surface area contributed by atoms with Crippen molar-refractivity contribution in [3.8, 4) is 0 Å². The molecule has 1 aromatic rings. The Morgan fingerprint density at radius 1 is 1.26 bits per heavy atom. The van der Waals surface area contributed by atoms with Crippen molar-refractivity contribution in [3.05, 3.63) is 28.8 Å². The maximum atomic E-state index is 13.5. The third kappa shape index (κ3) is 3.66. The summed E-state index contributed by atoms with van der Waals surface area (Å²) in [6.07, 6.45) is -1.42. The van der Waals surface area contributed by atoms with Crippen LogP contribution in [0.4, 0.5) is 23.2 Å². The molecule has 1 aliphatic carbocycles. The second-order valence-corrected chi connectivity index (χ2v) is 4.91. The molecule has 1 nitrogen and oxygen atoms in total. The van der Waals surface area contributed by atoms with E-state index >= 15 is 0 Å². The molecular formula is C12H13Cl2F4N. The molecule has 0 aliphatic heterocycles. The van der Waals surface area contributed by atoms with E-state index in [2.05, 4.69) is 5.32 Å². The van der Waals surface area contributed by atoms with Crippen molar-refractivity contribution in [2.75, 3.05) is 11.9 Å². The molecule has 1 fully saturated rings. The molecule has 7 heteroatoms. The van der Waals surface area contributed by atoms with Crippen LogP contribution in [-0.2, 0) is 0 Å². The van der Waals surface area contributed by atoms with Crippen molar-refractivity contribution in [2.24, 2.45) is 11.8 Å². The molecule has 2 rings (SSSR count). The van der Waals surface area contributed by atoms with Crippen LogP contribution in [0.25, 0.3) is 0 Å². The minimum atomic E-state index is -2.28. The van der Waals surface area contributed by atoms with Crippen LogP contribution >= 0.6 is 24.0 Å². The summed E-state index contributed by atoms with van der Waals surface area (Å²) in [6, 6.07) is 2.32. The number of anilines is 1. The van der Waals surface area contributed by atoms with Crippen molar-refractivity contribution in [3.63, 3.8) is 0 Å². The van der Waals surface area contributed by atoms with Crippen LogP contribution in [0.1, 0.15) is 12.8 Å². The summed E-state index contributed by atoms with van der Waals surface area (Å²) in [4.78, 5) is 0. The second-order valence-electron chi connectivity index (χ2n) is 4.54. The van der Waals surface area contributed by atoms with Crippen LogP contribution in [0.5, 0.6) is 0 Å². The van der Waals surface area contributed by atoms with Crippen molar-refractivity contribution in [1.82, 2.24) is 0 Å². The molecule has 0 heterocycles. The van der Waals surface area contributed by atoms with Gasteiger partial charge in [0.05, 0.1) is 5.69 Å². The van der Waals surface area contributed by atoms with Crippen LogP contribution < -0.4 is 5.32 Å². The molecule has 0 amide bonds. The van der Waals surface area contributed by atoms with E-state index in [4.69, 9.17) is 11.6 Å². The Balaban J connectivity index is 0.00000180. The SMILES string of the molecule is Cl.Fc1ccc(NC[C@H]2C[C@H](C(F)F)C2)c(F)c1Cl. The highest BCUT2D eigenvalue weighted by molar-refractivity contribution is 6.31. The van der Waals surface area contributed by atoms with E-state index < -0.39 is 29.0 Å². The molecule has 0 atom stereocenters. The molecule has 0 unspecified atom stereocenters. The van der Waals surface area contributed by atoms with Crippen molar-refractivity contribution in [1.29, 1.82) is 0 Å². The van der Waals surface area contributed by atoms with Gasteiger partial charge in [-0.2, -0.15) is 0 Å². The fourth-order valence-corrected chi connectivity index (χ4v) is 2.24. The standard InChI is InChI=1S/C12H12ClF4N.ClH/c13-10-8(14)1-2-9(11(10)15)18-5-6-3-7(4-6)12(16)17;/h1-2,6-7,12,18H,3-5H2;1H/t6-,7-;. The molecule has 0 aromatic heterocycles. The first-order chi connectivity index (χ1) is 8.49. The zero-order valence-corrected chi connectivity index (χ0v) is 11.4. The highest BCUT2D eigenvalue weighted by Crippen LogP contribution is 2.38. The van der Waals surface area contributed by atoms with Gasteiger partial charge >= 0.3 is 0 Å². The number of benzene rings is 1. The number of halogens is 6. The van der Waals surface area contributed by atoms with Gasteiger partial charge in [-0.3, -0.25) is 0 Å². The van der Waals surface area contributed by atoms with E-state index in [1.807, 2.05) is 0 Å². The number of hydrogen-bond acceptors (Lipinski definition) is 1. The summed E-state index contributed by atoms with van der Waals surface area (Å²) in [5.41, 5.74) is 0.0990. The van der Waals surface area contributed by atoms with Gasteiger partial charge in [0, 0.05) is 12.5 Å². The lowest BCUT2D eigenvalue weighted by Gasteiger charge is -2.35. The van der Waals surface area contributed by atoms with E-state index in [0.717, 1.165) is 6.07 Å². The van der Waals surface area contributed by atoms with Gasteiger partial charge in [0.1, 0.15) is 10.8 Å². The van der Waals surface area contributed by atoms with Gasteiger partial charge in [0.15, 0.2) is 5.82 Å². The number of nitrogens with one attached hydrogen (secondary N) is 1. The maximum absolute atomic E-state index is 13.5. The summed E-state index contributed by atoms with van der Waals surface area (Å²) < 4.78 is 50.9. The van der Waals surface area contributed by atoms with Crippen LogP contribution in [0.2, 0.25) is 5.02 Å². The molecule has 0 bridgehead atoms. The Kier molecular flexibility index (Phi) is 5.74. The van der Waals surface area contributed by atoms with Gasteiger partial charge in [-0.05, 0) is 30.9 Å². The van der Waals surface area contributed by atoms with E-state index in [-0.39, 0.29) is 24.0 Å². The predicted molar refractivity (Wildman–Crippen MR) is 69.3 cm³/mol. The third-order valence-corrected chi connectivity index (χ3v) is 3.59. The molecule has 1 aromatic carbocycles. The first-order valence-corrected chi connectivity index (χ1v) is 6.02. The monoisotopic (exact) mass is 317 g/mol. The van der Waals surface area contributed by atoms with Crippen molar-refractivity contribution < 1.29 is 17.6 Å². The zero-order chi connectivity index (χ0) is 13.3. The molecule has 1 aliphatic rings. The number of rotatable bonds is 4. The molecule has 0 saturated heterocycles. The van der Waals surface area contributed by atoms with Crippen molar-refractivity contribution in [2.45, 2.75) is 19.3 Å². The summed E-state index contributed by atoms with van der Waals surface area (Å²) in [5, 5.41) is 2.21. The van der Waals surface area contributed by atoms with Gasteiger partial charge in [-0.25, -0.2) is 17.6 Å². The molecule has 1 N–H and O–H groups in total. The van der Waals surface area contributed by atoms with E-state index in [1.54, 1.807) is 0 Å². The van der Waals surface area contributed by atoms with Crippen LogP contribution in [-0.4, -0.2) is 13.0 Å². The smallest absolute Gasteiger partial charge is 0.241 e. The fraction of sp³-hybridized carbons (Fsp3) is 0.500. The van der Waals surface area contributed by atoms with Gasteiger partial charge in [-0.1, -0.05) is 11.6 Å². The quantitative estimate of drug-likeness (QED) is 0.624. The van der Waals surface area contributed by atoms with Gasteiger partial charge in [0.25, 0.3) is 0 Å². The molecule has 108 valence electrons. The lowest BCUT2D eigenvalue weighted by atomic mass is 9.75. The van der Waals surface area contributed by atoms with Gasteiger partial charge in [0.2, 0.25) is 6.43 Å². The summed E-state index contributed by atoms with van der Waals surface area (Å²) in [5.74, 6) is -2.10. The highest BCUT2D eigenvalue weighted by atomic mass is 35.5. The molecule has 0 radical (unpaired) electrons. The summed E-state index contributed by atoms with van der Waals surface area (Å²) in [6.45, 7) is 0.391. The summed E-state index contributed by atoms with van der Waals surface area (Å²) in [7, 11) is 0. The predicted octanol–water partition coefficient (Wildman–Crippen LogP) is 4.74.